The summed E-state index contributed by atoms with van der Waals surface area (Å²) in [6.07, 6.45) is 0. The molecule has 2 aromatic heterocycles. The number of amides is 2. The lowest BCUT2D eigenvalue weighted by Gasteiger charge is -2.14. The Morgan fingerprint density at radius 1 is 1.12 bits per heavy atom. The third-order valence-electron chi connectivity index (χ3n) is 4.87. The smallest absolute Gasteiger partial charge is 0.252 e. The standard InChI is InChI=1S/C22H22N6O2S2/c1-13-8-4-5-9-15(13)20(30)23-14(2)19-26-27-22(28(19)3)31-12-18(29)25-21-24-16-10-6-7-11-17(16)32-21/h4-11,14H,12H2,1-3H3,(H,23,30)(H,24,25,29). The number of carbonyl (C=O) groups excluding carboxylic acids is 2. The van der Waals surface area contributed by atoms with Crippen LogP contribution in [0.2, 0.25) is 0 Å². The second kappa shape index (κ2) is 9.49. The van der Waals surface area contributed by atoms with E-state index in [2.05, 4.69) is 25.8 Å². The van der Waals surface area contributed by atoms with E-state index >= 15 is 0 Å². The van der Waals surface area contributed by atoms with Crippen molar-refractivity contribution in [3.8, 4) is 0 Å². The van der Waals surface area contributed by atoms with Gasteiger partial charge in [0.05, 0.1) is 22.0 Å². The molecule has 0 fully saturated rings. The molecule has 32 heavy (non-hydrogen) atoms. The summed E-state index contributed by atoms with van der Waals surface area (Å²) in [7, 11) is 1.82. The summed E-state index contributed by atoms with van der Waals surface area (Å²) in [6.45, 7) is 3.75. The van der Waals surface area contributed by atoms with Crippen molar-refractivity contribution in [2.45, 2.75) is 25.0 Å². The van der Waals surface area contributed by atoms with Gasteiger partial charge in [-0.2, -0.15) is 0 Å². The van der Waals surface area contributed by atoms with Crippen molar-refractivity contribution in [3.05, 3.63) is 65.5 Å². The SMILES string of the molecule is Cc1ccccc1C(=O)NC(C)c1nnc(SCC(=O)Nc2nc3ccccc3s2)n1C. The largest absolute Gasteiger partial charge is 0.342 e. The number of carbonyl (C=O) groups is 2. The van der Waals surface area contributed by atoms with Gasteiger partial charge in [-0.25, -0.2) is 4.98 Å². The summed E-state index contributed by atoms with van der Waals surface area (Å²) >= 11 is 2.72. The number of aryl methyl sites for hydroxylation is 1. The van der Waals surface area contributed by atoms with Gasteiger partial charge in [-0.15, -0.1) is 10.2 Å². The van der Waals surface area contributed by atoms with E-state index in [-0.39, 0.29) is 23.6 Å². The third-order valence-corrected chi connectivity index (χ3v) is 6.84. The predicted octanol–water partition coefficient (Wildman–Crippen LogP) is 3.96. The van der Waals surface area contributed by atoms with E-state index in [1.54, 1.807) is 10.6 Å². The maximum Gasteiger partial charge on any atom is 0.252 e. The highest BCUT2D eigenvalue weighted by molar-refractivity contribution is 7.99. The molecule has 0 radical (unpaired) electrons. The van der Waals surface area contributed by atoms with E-state index < -0.39 is 0 Å². The van der Waals surface area contributed by atoms with Crippen LogP contribution in [-0.2, 0) is 11.8 Å². The molecule has 0 aliphatic carbocycles. The molecule has 4 aromatic rings. The number of benzene rings is 2. The summed E-state index contributed by atoms with van der Waals surface area (Å²) in [5.74, 6) is 0.454. The number of thioether (sulfide) groups is 1. The first-order valence-corrected chi connectivity index (χ1v) is 11.8. The molecule has 1 atom stereocenters. The Kier molecular flexibility index (Phi) is 6.52. The fraction of sp³-hybridized carbons (Fsp3) is 0.227. The van der Waals surface area contributed by atoms with Crippen LogP contribution in [-0.4, -0.2) is 37.3 Å². The second-order valence-electron chi connectivity index (χ2n) is 7.23. The number of fused-ring (bicyclic) bond motifs is 1. The highest BCUT2D eigenvalue weighted by Gasteiger charge is 2.20. The number of nitrogens with zero attached hydrogens (tertiary/aromatic N) is 4. The van der Waals surface area contributed by atoms with Gasteiger partial charge in [-0.05, 0) is 37.6 Å². The van der Waals surface area contributed by atoms with Gasteiger partial charge in [0, 0.05) is 12.6 Å². The molecule has 0 bridgehead atoms. The number of rotatable bonds is 7. The van der Waals surface area contributed by atoms with Crippen LogP contribution in [0.1, 0.15) is 34.7 Å². The monoisotopic (exact) mass is 466 g/mol. The molecule has 2 N–H and O–H groups in total. The lowest BCUT2D eigenvalue weighted by Crippen LogP contribution is -2.29. The summed E-state index contributed by atoms with van der Waals surface area (Å²) in [4.78, 5) is 29.4. The second-order valence-corrected chi connectivity index (χ2v) is 9.21. The molecule has 0 aliphatic rings. The van der Waals surface area contributed by atoms with Crippen LogP contribution in [0.15, 0.2) is 53.7 Å². The molecule has 0 spiro atoms. The molecule has 2 heterocycles. The number of aromatic nitrogens is 4. The average Bonchev–Trinajstić information content (AvgIpc) is 3.34. The number of anilines is 1. The van der Waals surface area contributed by atoms with Crippen LogP contribution < -0.4 is 10.6 Å². The Morgan fingerprint density at radius 3 is 2.66 bits per heavy atom. The summed E-state index contributed by atoms with van der Waals surface area (Å²) in [5.41, 5.74) is 2.40. The first kappa shape index (κ1) is 22.0. The molecule has 0 aliphatic heterocycles. The summed E-state index contributed by atoms with van der Waals surface area (Å²) < 4.78 is 2.81. The zero-order valence-corrected chi connectivity index (χ0v) is 19.5. The van der Waals surface area contributed by atoms with E-state index in [0.717, 1.165) is 15.8 Å². The fourth-order valence-corrected chi connectivity index (χ4v) is 4.81. The van der Waals surface area contributed by atoms with Gasteiger partial charge < -0.3 is 15.2 Å². The van der Waals surface area contributed by atoms with Crippen LogP contribution in [0.4, 0.5) is 5.13 Å². The van der Waals surface area contributed by atoms with Crippen molar-refractivity contribution in [3.63, 3.8) is 0 Å². The molecule has 164 valence electrons. The maximum atomic E-state index is 12.6. The maximum absolute atomic E-state index is 12.6. The van der Waals surface area contributed by atoms with Gasteiger partial charge in [0.1, 0.15) is 0 Å². The minimum Gasteiger partial charge on any atom is -0.342 e. The topological polar surface area (TPSA) is 102 Å². The van der Waals surface area contributed by atoms with E-state index in [1.165, 1.54) is 23.1 Å². The molecular formula is C22H22N6O2S2. The minimum atomic E-state index is -0.342. The quantitative estimate of drug-likeness (QED) is 0.400. The summed E-state index contributed by atoms with van der Waals surface area (Å²) in [6, 6.07) is 14.8. The Hall–Kier alpha value is -3.24. The van der Waals surface area contributed by atoms with E-state index in [0.29, 0.717) is 21.7 Å². The van der Waals surface area contributed by atoms with Crippen molar-refractivity contribution >= 4 is 50.3 Å². The van der Waals surface area contributed by atoms with Crippen molar-refractivity contribution in [1.29, 1.82) is 0 Å². The lowest BCUT2D eigenvalue weighted by atomic mass is 10.1. The fourth-order valence-electron chi connectivity index (χ4n) is 3.21. The predicted molar refractivity (Wildman–Crippen MR) is 127 cm³/mol. The molecule has 2 amide bonds. The molecule has 0 saturated carbocycles. The molecule has 4 rings (SSSR count). The van der Waals surface area contributed by atoms with Gasteiger partial charge >= 0.3 is 0 Å². The van der Waals surface area contributed by atoms with E-state index in [4.69, 9.17) is 0 Å². The van der Waals surface area contributed by atoms with Crippen molar-refractivity contribution < 1.29 is 9.59 Å². The zero-order valence-electron chi connectivity index (χ0n) is 17.8. The average molecular weight is 467 g/mol. The van der Waals surface area contributed by atoms with Crippen molar-refractivity contribution in [1.82, 2.24) is 25.1 Å². The first-order valence-electron chi connectivity index (χ1n) is 9.96. The highest BCUT2D eigenvalue weighted by atomic mass is 32.2. The van der Waals surface area contributed by atoms with Crippen LogP contribution >= 0.6 is 23.1 Å². The number of hydrogen-bond donors (Lipinski definition) is 2. The normalized spacial score (nSPS) is 12.0. The number of para-hydroxylation sites is 1. The van der Waals surface area contributed by atoms with Gasteiger partial charge in [0.2, 0.25) is 5.91 Å². The minimum absolute atomic E-state index is 0.164. The molecule has 1 unspecified atom stereocenters. The van der Waals surface area contributed by atoms with Crippen LogP contribution in [0.25, 0.3) is 10.2 Å². The lowest BCUT2D eigenvalue weighted by molar-refractivity contribution is -0.113. The van der Waals surface area contributed by atoms with Crippen LogP contribution in [0.3, 0.4) is 0 Å². The van der Waals surface area contributed by atoms with Crippen molar-refractivity contribution in [2.24, 2.45) is 7.05 Å². The molecule has 10 heteroatoms. The highest BCUT2D eigenvalue weighted by Crippen LogP contribution is 2.26. The van der Waals surface area contributed by atoms with E-state index in [9.17, 15) is 9.59 Å². The Balaban J connectivity index is 1.35. The molecule has 8 nitrogen and oxygen atoms in total. The molecule has 2 aromatic carbocycles. The van der Waals surface area contributed by atoms with Crippen LogP contribution in [0.5, 0.6) is 0 Å². The number of hydrogen-bond acceptors (Lipinski definition) is 7. The zero-order chi connectivity index (χ0) is 22.7. The van der Waals surface area contributed by atoms with Gasteiger partial charge in [-0.1, -0.05) is 53.4 Å². The van der Waals surface area contributed by atoms with Gasteiger partial charge in [0.15, 0.2) is 16.1 Å². The molecule has 0 saturated heterocycles. The Morgan fingerprint density at radius 2 is 1.88 bits per heavy atom. The summed E-state index contributed by atoms with van der Waals surface area (Å²) in [5, 5.41) is 15.4. The Labute approximate surface area is 193 Å². The van der Waals surface area contributed by atoms with Crippen LogP contribution in [0, 0.1) is 6.92 Å². The number of thiazole rings is 1. The van der Waals surface area contributed by atoms with E-state index in [1.807, 2.05) is 63.4 Å². The first-order chi connectivity index (χ1) is 15.4. The van der Waals surface area contributed by atoms with Gasteiger partial charge in [0.25, 0.3) is 5.91 Å². The third kappa shape index (κ3) is 4.81. The number of nitrogens with one attached hydrogen (secondary N) is 2. The van der Waals surface area contributed by atoms with Crippen molar-refractivity contribution in [2.75, 3.05) is 11.1 Å². The Bertz CT molecular complexity index is 1250. The molecular weight excluding hydrogens is 444 g/mol. The van der Waals surface area contributed by atoms with Gasteiger partial charge in [-0.3, -0.25) is 9.59 Å².